The molecule has 1 unspecified atom stereocenters. The van der Waals surface area contributed by atoms with Crippen molar-refractivity contribution < 1.29 is 4.79 Å². The van der Waals surface area contributed by atoms with Crippen LogP contribution in [0.15, 0.2) is 30.3 Å². The van der Waals surface area contributed by atoms with Crippen molar-refractivity contribution in [2.24, 2.45) is 5.92 Å². The summed E-state index contributed by atoms with van der Waals surface area (Å²) in [5.41, 5.74) is 1.32. The molecule has 1 aromatic carbocycles. The van der Waals surface area contributed by atoms with Gasteiger partial charge >= 0.3 is 0 Å². The number of piperidine rings is 1. The molecule has 2 fully saturated rings. The van der Waals surface area contributed by atoms with E-state index in [9.17, 15) is 4.79 Å². The van der Waals surface area contributed by atoms with E-state index in [1.165, 1.54) is 31.2 Å². The van der Waals surface area contributed by atoms with Crippen molar-refractivity contribution in [2.45, 2.75) is 44.6 Å². The summed E-state index contributed by atoms with van der Waals surface area (Å²) < 4.78 is 0. The summed E-state index contributed by atoms with van der Waals surface area (Å²) in [6.45, 7) is 5.23. The number of hydrogen-bond acceptors (Lipinski definition) is 3. The fraction of sp³-hybridized carbons (Fsp3) is 0.650. The minimum absolute atomic E-state index is 0.216. The van der Waals surface area contributed by atoms with Crippen molar-refractivity contribution >= 4 is 5.91 Å². The van der Waals surface area contributed by atoms with Gasteiger partial charge in [-0.25, -0.2) is 0 Å². The van der Waals surface area contributed by atoms with Gasteiger partial charge in [0.15, 0.2) is 0 Å². The average molecular weight is 329 g/mol. The van der Waals surface area contributed by atoms with Gasteiger partial charge < -0.3 is 10.6 Å². The monoisotopic (exact) mass is 329 g/mol. The predicted octanol–water partition coefficient (Wildman–Crippen LogP) is 2.72. The highest BCUT2D eigenvalue weighted by atomic mass is 16.1. The van der Waals surface area contributed by atoms with E-state index < -0.39 is 0 Å². The fourth-order valence-electron chi connectivity index (χ4n) is 3.99. The Labute approximate surface area is 146 Å². The maximum Gasteiger partial charge on any atom is 0.220 e. The second-order valence-corrected chi connectivity index (χ2v) is 7.21. The quantitative estimate of drug-likeness (QED) is 0.808. The van der Waals surface area contributed by atoms with Gasteiger partial charge in [0.25, 0.3) is 0 Å². The molecule has 2 aliphatic heterocycles. The highest BCUT2D eigenvalue weighted by Crippen LogP contribution is 2.24. The van der Waals surface area contributed by atoms with Gasteiger partial charge in [-0.05, 0) is 69.8 Å². The van der Waals surface area contributed by atoms with E-state index in [4.69, 9.17) is 0 Å². The molecule has 2 aliphatic rings. The van der Waals surface area contributed by atoms with E-state index in [0.29, 0.717) is 12.5 Å². The molecule has 2 heterocycles. The van der Waals surface area contributed by atoms with Crippen molar-refractivity contribution in [2.75, 3.05) is 32.7 Å². The number of carbonyl (C=O) groups excluding carboxylic acids is 1. The lowest BCUT2D eigenvalue weighted by molar-refractivity contribution is -0.121. The van der Waals surface area contributed by atoms with Crippen LogP contribution in [-0.4, -0.2) is 43.5 Å². The van der Waals surface area contributed by atoms with Gasteiger partial charge in [0.05, 0.1) is 6.04 Å². The minimum atomic E-state index is 0.216. The largest absolute Gasteiger partial charge is 0.354 e. The van der Waals surface area contributed by atoms with Crippen LogP contribution in [0.3, 0.4) is 0 Å². The van der Waals surface area contributed by atoms with Gasteiger partial charge in [0, 0.05) is 13.0 Å². The molecule has 4 nitrogen and oxygen atoms in total. The van der Waals surface area contributed by atoms with E-state index in [-0.39, 0.29) is 5.91 Å². The minimum Gasteiger partial charge on any atom is -0.354 e. The molecule has 1 atom stereocenters. The molecule has 24 heavy (non-hydrogen) atoms. The number of rotatable bonds is 7. The van der Waals surface area contributed by atoms with Crippen LogP contribution in [0.2, 0.25) is 0 Å². The summed E-state index contributed by atoms with van der Waals surface area (Å²) in [5, 5.41) is 6.59. The van der Waals surface area contributed by atoms with Gasteiger partial charge in [-0.1, -0.05) is 30.3 Å². The summed E-state index contributed by atoms with van der Waals surface area (Å²) >= 11 is 0. The number of likely N-dealkylation sites (tertiary alicyclic amines) is 1. The summed E-state index contributed by atoms with van der Waals surface area (Å²) in [5.74, 6) is 0.939. The Morgan fingerprint density at radius 2 is 1.88 bits per heavy atom. The summed E-state index contributed by atoms with van der Waals surface area (Å²) in [6.07, 6.45) is 6.68. The molecule has 2 saturated heterocycles. The van der Waals surface area contributed by atoms with Gasteiger partial charge in [-0.3, -0.25) is 9.69 Å². The van der Waals surface area contributed by atoms with Crippen LogP contribution < -0.4 is 10.6 Å². The molecule has 132 valence electrons. The molecular weight excluding hydrogens is 298 g/mol. The molecule has 3 rings (SSSR count). The van der Waals surface area contributed by atoms with Crippen LogP contribution in [-0.2, 0) is 4.79 Å². The van der Waals surface area contributed by atoms with Crippen molar-refractivity contribution in [3.63, 3.8) is 0 Å². The van der Waals surface area contributed by atoms with Crippen molar-refractivity contribution in [3.8, 4) is 0 Å². The fourth-order valence-corrected chi connectivity index (χ4v) is 3.99. The maximum absolute atomic E-state index is 12.3. The average Bonchev–Trinajstić information content (AvgIpc) is 3.16. The first kappa shape index (κ1) is 17.4. The number of hydrogen-bond donors (Lipinski definition) is 2. The maximum atomic E-state index is 12.3. The smallest absolute Gasteiger partial charge is 0.220 e. The highest BCUT2D eigenvalue weighted by Gasteiger charge is 2.24. The first-order chi connectivity index (χ1) is 11.8. The number of amides is 1. The molecular formula is C20H31N3O. The van der Waals surface area contributed by atoms with E-state index in [1.54, 1.807) is 0 Å². The molecule has 0 radical (unpaired) electrons. The van der Waals surface area contributed by atoms with E-state index >= 15 is 0 Å². The molecule has 4 heteroatoms. The van der Waals surface area contributed by atoms with Crippen LogP contribution >= 0.6 is 0 Å². The van der Waals surface area contributed by atoms with Crippen LogP contribution in [0.5, 0.6) is 0 Å². The van der Waals surface area contributed by atoms with E-state index in [0.717, 1.165) is 45.1 Å². The number of benzene rings is 1. The Morgan fingerprint density at radius 1 is 1.17 bits per heavy atom. The Kier molecular flexibility index (Phi) is 6.67. The summed E-state index contributed by atoms with van der Waals surface area (Å²) in [7, 11) is 0. The van der Waals surface area contributed by atoms with E-state index in [1.807, 2.05) is 0 Å². The standard InChI is InChI=1S/C20H31N3O/c24-20(9-8-17-10-12-21-13-11-17)22-16-19(23-14-4-5-15-23)18-6-2-1-3-7-18/h1-3,6-7,17,19,21H,4-5,8-16H2,(H,22,24). The molecule has 0 bridgehead atoms. The Hall–Kier alpha value is -1.39. The van der Waals surface area contributed by atoms with Crippen LogP contribution in [0, 0.1) is 5.92 Å². The number of carbonyl (C=O) groups is 1. The normalized spacial score (nSPS) is 20.8. The van der Waals surface area contributed by atoms with Gasteiger partial charge in [0.1, 0.15) is 0 Å². The number of nitrogens with one attached hydrogen (secondary N) is 2. The SMILES string of the molecule is O=C(CCC1CCNCC1)NCC(c1ccccc1)N1CCCC1. The van der Waals surface area contributed by atoms with E-state index in [2.05, 4.69) is 45.9 Å². The third-order valence-electron chi connectivity index (χ3n) is 5.50. The lowest BCUT2D eigenvalue weighted by Crippen LogP contribution is -2.37. The van der Waals surface area contributed by atoms with Crippen molar-refractivity contribution in [3.05, 3.63) is 35.9 Å². The second-order valence-electron chi connectivity index (χ2n) is 7.21. The third-order valence-corrected chi connectivity index (χ3v) is 5.50. The summed E-state index contributed by atoms with van der Waals surface area (Å²) in [4.78, 5) is 14.8. The van der Waals surface area contributed by atoms with Crippen LogP contribution in [0.1, 0.15) is 50.1 Å². The lowest BCUT2D eigenvalue weighted by atomic mass is 9.93. The van der Waals surface area contributed by atoms with Crippen LogP contribution in [0.25, 0.3) is 0 Å². The molecule has 0 saturated carbocycles. The highest BCUT2D eigenvalue weighted by molar-refractivity contribution is 5.75. The zero-order chi connectivity index (χ0) is 16.6. The zero-order valence-electron chi connectivity index (χ0n) is 14.7. The predicted molar refractivity (Wildman–Crippen MR) is 97.8 cm³/mol. The molecule has 1 aromatic rings. The van der Waals surface area contributed by atoms with Gasteiger partial charge in [0.2, 0.25) is 5.91 Å². The second kappa shape index (κ2) is 9.19. The molecule has 1 amide bonds. The summed E-state index contributed by atoms with van der Waals surface area (Å²) in [6, 6.07) is 10.9. The Bertz CT molecular complexity index is 493. The van der Waals surface area contributed by atoms with Crippen molar-refractivity contribution in [1.82, 2.24) is 15.5 Å². The molecule has 2 N–H and O–H groups in total. The molecule has 0 spiro atoms. The zero-order valence-corrected chi connectivity index (χ0v) is 14.7. The van der Waals surface area contributed by atoms with Gasteiger partial charge in [-0.15, -0.1) is 0 Å². The first-order valence-electron chi connectivity index (χ1n) is 9.59. The Balaban J connectivity index is 1.48. The van der Waals surface area contributed by atoms with Crippen LogP contribution in [0.4, 0.5) is 0 Å². The molecule has 0 aliphatic carbocycles. The van der Waals surface area contributed by atoms with Gasteiger partial charge in [-0.2, -0.15) is 0 Å². The first-order valence-corrected chi connectivity index (χ1v) is 9.59. The third kappa shape index (κ3) is 5.05. The molecule has 0 aromatic heterocycles. The number of nitrogens with zero attached hydrogens (tertiary/aromatic N) is 1. The van der Waals surface area contributed by atoms with Crippen molar-refractivity contribution in [1.29, 1.82) is 0 Å². The topological polar surface area (TPSA) is 44.4 Å². The Morgan fingerprint density at radius 3 is 2.58 bits per heavy atom. The lowest BCUT2D eigenvalue weighted by Gasteiger charge is -2.28.